The second-order valence-electron chi connectivity index (χ2n) is 6.58. The van der Waals surface area contributed by atoms with E-state index in [1.54, 1.807) is 10.6 Å². The van der Waals surface area contributed by atoms with E-state index in [1.807, 2.05) is 19.1 Å². The first-order valence-corrected chi connectivity index (χ1v) is 9.05. The molecule has 1 unspecified atom stereocenters. The van der Waals surface area contributed by atoms with Crippen LogP contribution in [-0.4, -0.2) is 25.5 Å². The highest BCUT2D eigenvalue weighted by Crippen LogP contribution is 2.35. The number of carbonyl (C=O) groups excluding carboxylic acids is 1. The lowest BCUT2D eigenvalue weighted by Gasteiger charge is -2.18. The summed E-state index contributed by atoms with van der Waals surface area (Å²) in [6, 6.07) is 5.53. The van der Waals surface area contributed by atoms with Gasteiger partial charge in [0.15, 0.2) is 0 Å². The predicted octanol–water partition coefficient (Wildman–Crippen LogP) is 4.30. The van der Waals surface area contributed by atoms with Gasteiger partial charge in [0.1, 0.15) is 6.33 Å². The second-order valence-corrected chi connectivity index (χ2v) is 6.99. The summed E-state index contributed by atoms with van der Waals surface area (Å²) in [6.45, 7) is 7.82. The Morgan fingerprint density at radius 2 is 2.15 bits per heavy atom. The summed E-state index contributed by atoms with van der Waals surface area (Å²) in [4.78, 5) is 20.1. The van der Waals surface area contributed by atoms with E-state index in [9.17, 15) is 4.79 Å². The first kappa shape index (κ1) is 18.3. The zero-order chi connectivity index (χ0) is 18.8. The fourth-order valence-corrected chi connectivity index (χ4v) is 3.31. The van der Waals surface area contributed by atoms with E-state index in [-0.39, 0.29) is 5.91 Å². The van der Waals surface area contributed by atoms with Crippen molar-refractivity contribution in [3.63, 3.8) is 0 Å². The van der Waals surface area contributed by atoms with Crippen molar-refractivity contribution in [2.75, 3.05) is 5.32 Å². The Kier molecular flexibility index (Phi) is 5.23. The van der Waals surface area contributed by atoms with Gasteiger partial charge >= 0.3 is 0 Å². The van der Waals surface area contributed by atoms with Gasteiger partial charge in [-0.2, -0.15) is 10.1 Å². The lowest BCUT2D eigenvalue weighted by molar-refractivity contribution is -0.114. The first-order valence-electron chi connectivity index (χ1n) is 8.67. The van der Waals surface area contributed by atoms with Crippen LogP contribution in [-0.2, 0) is 11.2 Å². The summed E-state index contributed by atoms with van der Waals surface area (Å²) in [5, 5.41) is 7.68. The number of carbonyl (C=O) groups is 1. The summed E-state index contributed by atoms with van der Waals surface area (Å²) >= 11 is 6.56. The second kappa shape index (κ2) is 7.41. The molecule has 26 heavy (non-hydrogen) atoms. The number of aryl methyl sites for hydroxylation is 1. The summed E-state index contributed by atoms with van der Waals surface area (Å²) in [6.07, 6.45) is 3.43. The third kappa shape index (κ3) is 3.55. The molecule has 1 aromatic carbocycles. The number of anilines is 1. The van der Waals surface area contributed by atoms with E-state index in [0.717, 1.165) is 35.4 Å². The summed E-state index contributed by atoms with van der Waals surface area (Å²) < 4.78 is 1.80. The molecule has 1 atom stereocenters. The fraction of sp³-hybridized carbons (Fsp3) is 0.368. The molecular formula is C19H22ClN5O. The molecule has 1 amide bonds. The molecule has 2 heterocycles. The average molecular weight is 372 g/mol. The Morgan fingerprint density at radius 3 is 2.81 bits per heavy atom. The fourth-order valence-electron chi connectivity index (χ4n) is 3.03. The Hall–Kier alpha value is -2.47. The maximum Gasteiger partial charge on any atom is 0.252 e. The van der Waals surface area contributed by atoms with Crippen LogP contribution in [0.5, 0.6) is 0 Å². The zero-order valence-electron chi connectivity index (χ0n) is 15.4. The summed E-state index contributed by atoms with van der Waals surface area (Å²) in [5.74, 6) is 0.948. The monoisotopic (exact) mass is 371 g/mol. The van der Waals surface area contributed by atoms with Crippen LogP contribution in [0, 0.1) is 12.8 Å². The normalized spacial score (nSPS) is 12.3. The van der Waals surface area contributed by atoms with Crippen LogP contribution in [0.3, 0.4) is 0 Å². The van der Waals surface area contributed by atoms with Crippen molar-refractivity contribution < 1.29 is 4.79 Å². The third-order valence-electron chi connectivity index (χ3n) is 4.50. The lowest BCUT2D eigenvalue weighted by atomic mass is 9.94. The maximum absolute atomic E-state index is 11.3. The number of nitrogens with zero attached hydrogens (tertiary/aromatic N) is 4. The standard InChI is InChI=1S/C19H22ClN5O/c1-5-11(2)8-17-18(12(3)23-19-21-10-22-25(17)19)15-7-6-14(9-16(15)20)24-13(4)26/h6-7,9-11H,5,8H2,1-4H3,(H,24,26). The van der Waals surface area contributed by atoms with Gasteiger partial charge < -0.3 is 5.32 Å². The van der Waals surface area contributed by atoms with Gasteiger partial charge in [-0.1, -0.05) is 37.9 Å². The minimum Gasteiger partial charge on any atom is -0.326 e. The molecule has 7 heteroatoms. The molecule has 0 aliphatic heterocycles. The Bertz CT molecular complexity index is 966. The Labute approximate surface area is 157 Å². The van der Waals surface area contributed by atoms with Gasteiger partial charge in [0.2, 0.25) is 5.91 Å². The SMILES string of the molecule is CCC(C)Cc1c(-c2ccc(NC(C)=O)cc2Cl)c(C)nc2ncnn12. The maximum atomic E-state index is 11.3. The highest BCUT2D eigenvalue weighted by atomic mass is 35.5. The number of fused-ring (bicyclic) bond motifs is 1. The van der Waals surface area contributed by atoms with Gasteiger partial charge in [-0.3, -0.25) is 4.79 Å². The number of nitrogens with one attached hydrogen (secondary N) is 1. The third-order valence-corrected chi connectivity index (χ3v) is 4.81. The van der Waals surface area contributed by atoms with E-state index >= 15 is 0 Å². The number of benzene rings is 1. The smallest absolute Gasteiger partial charge is 0.252 e. The molecule has 0 aliphatic carbocycles. The Morgan fingerprint density at radius 1 is 1.38 bits per heavy atom. The van der Waals surface area contributed by atoms with Crippen molar-refractivity contribution in [3.05, 3.63) is 40.9 Å². The van der Waals surface area contributed by atoms with Gasteiger partial charge in [0, 0.05) is 23.7 Å². The van der Waals surface area contributed by atoms with Crippen molar-refractivity contribution >= 4 is 29.0 Å². The van der Waals surface area contributed by atoms with Crippen molar-refractivity contribution in [3.8, 4) is 11.1 Å². The molecule has 3 rings (SSSR count). The molecule has 0 saturated carbocycles. The van der Waals surface area contributed by atoms with Gasteiger partial charge in [-0.25, -0.2) is 9.50 Å². The van der Waals surface area contributed by atoms with Gasteiger partial charge in [-0.05, 0) is 31.4 Å². The van der Waals surface area contributed by atoms with Crippen LogP contribution in [0.15, 0.2) is 24.5 Å². The largest absolute Gasteiger partial charge is 0.326 e. The molecule has 0 spiro atoms. The minimum absolute atomic E-state index is 0.131. The first-order chi connectivity index (χ1) is 12.4. The number of hydrogen-bond donors (Lipinski definition) is 1. The van der Waals surface area contributed by atoms with Crippen LogP contribution < -0.4 is 5.32 Å². The van der Waals surface area contributed by atoms with Gasteiger partial charge in [-0.15, -0.1) is 0 Å². The van der Waals surface area contributed by atoms with Crippen molar-refractivity contribution in [2.45, 2.75) is 40.5 Å². The van der Waals surface area contributed by atoms with Crippen LogP contribution in [0.4, 0.5) is 5.69 Å². The van der Waals surface area contributed by atoms with Crippen molar-refractivity contribution in [1.82, 2.24) is 19.6 Å². The number of halogens is 1. The highest BCUT2D eigenvalue weighted by molar-refractivity contribution is 6.33. The topological polar surface area (TPSA) is 72.2 Å². The number of aromatic nitrogens is 4. The molecule has 136 valence electrons. The minimum atomic E-state index is -0.131. The molecule has 0 saturated heterocycles. The van der Waals surface area contributed by atoms with E-state index in [0.29, 0.717) is 22.4 Å². The number of amides is 1. The molecule has 0 radical (unpaired) electrons. The molecule has 0 bridgehead atoms. The molecule has 6 nitrogen and oxygen atoms in total. The zero-order valence-corrected chi connectivity index (χ0v) is 16.1. The van der Waals surface area contributed by atoms with Crippen molar-refractivity contribution in [2.24, 2.45) is 5.92 Å². The number of hydrogen-bond acceptors (Lipinski definition) is 4. The predicted molar refractivity (Wildman–Crippen MR) is 103 cm³/mol. The van der Waals surface area contributed by atoms with E-state index in [1.165, 1.54) is 13.3 Å². The van der Waals surface area contributed by atoms with E-state index in [4.69, 9.17) is 11.6 Å². The van der Waals surface area contributed by atoms with Crippen LogP contribution in [0.25, 0.3) is 16.9 Å². The molecule has 1 N–H and O–H groups in total. The van der Waals surface area contributed by atoms with E-state index < -0.39 is 0 Å². The number of rotatable bonds is 5. The summed E-state index contributed by atoms with van der Waals surface area (Å²) in [7, 11) is 0. The lowest BCUT2D eigenvalue weighted by Crippen LogP contribution is -2.11. The summed E-state index contributed by atoms with van der Waals surface area (Å²) in [5.41, 5.74) is 4.43. The van der Waals surface area contributed by atoms with Crippen LogP contribution >= 0.6 is 11.6 Å². The molecular weight excluding hydrogens is 350 g/mol. The van der Waals surface area contributed by atoms with Crippen molar-refractivity contribution in [1.29, 1.82) is 0 Å². The van der Waals surface area contributed by atoms with E-state index in [2.05, 4.69) is 34.2 Å². The average Bonchev–Trinajstić information content (AvgIpc) is 3.03. The van der Waals surface area contributed by atoms with Crippen LogP contribution in [0.2, 0.25) is 5.02 Å². The molecule has 0 aliphatic rings. The Balaban J connectivity index is 2.19. The quantitative estimate of drug-likeness (QED) is 0.725. The van der Waals surface area contributed by atoms with Gasteiger partial charge in [0.05, 0.1) is 16.4 Å². The highest BCUT2D eigenvalue weighted by Gasteiger charge is 2.19. The van der Waals surface area contributed by atoms with Crippen LogP contribution in [0.1, 0.15) is 38.6 Å². The van der Waals surface area contributed by atoms with Gasteiger partial charge in [0.25, 0.3) is 5.78 Å². The molecule has 2 aromatic heterocycles. The molecule has 3 aromatic rings. The molecule has 0 fully saturated rings.